The second-order valence-corrected chi connectivity index (χ2v) is 8.48. The Balaban J connectivity index is 2.47. The van der Waals surface area contributed by atoms with Gasteiger partial charge in [-0.3, -0.25) is 23.7 Å². The minimum atomic E-state index is -5.16. The Hall–Kier alpha value is -3.19. The molecule has 0 fully saturated rings. The predicted octanol–water partition coefficient (Wildman–Crippen LogP) is 1.40. The van der Waals surface area contributed by atoms with Gasteiger partial charge in [0.25, 0.3) is 21.6 Å². The molecule has 2 rings (SSSR count). The number of anilines is 1. The van der Waals surface area contributed by atoms with Gasteiger partial charge in [0.1, 0.15) is 12.2 Å². The van der Waals surface area contributed by atoms with Crippen LogP contribution in [0.5, 0.6) is 0 Å². The molecule has 0 aliphatic rings. The molecule has 1 atom stereocenters. The maximum Gasteiger partial charge on any atom is 0.452 e. The first-order valence-electron chi connectivity index (χ1n) is 9.21. The maximum atomic E-state index is 12.9. The normalized spacial score (nSPS) is 13.0. The fourth-order valence-corrected chi connectivity index (χ4v) is 3.36. The van der Waals surface area contributed by atoms with Crippen molar-refractivity contribution >= 4 is 27.6 Å². The van der Waals surface area contributed by atoms with Crippen molar-refractivity contribution in [2.75, 3.05) is 4.72 Å². The second-order valence-electron chi connectivity index (χ2n) is 7.19. The van der Waals surface area contributed by atoms with Crippen LogP contribution in [-0.4, -0.2) is 36.9 Å². The van der Waals surface area contributed by atoms with Gasteiger partial charge in [0.05, 0.1) is 11.7 Å². The summed E-state index contributed by atoms with van der Waals surface area (Å²) in [6, 6.07) is 8.86. The molecule has 1 heterocycles. The van der Waals surface area contributed by atoms with Crippen LogP contribution in [0.4, 0.5) is 18.9 Å². The van der Waals surface area contributed by atoms with E-state index in [-0.39, 0.29) is 5.69 Å². The molecule has 0 spiro atoms. The van der Waals surface area contributed by atoms with Gasteiger partial charge < -0.3 is 5.32 Å². The third-order valence-corrected chi connectivity index (χ3v) is 4.85. The number of nitrogens with zero attached hydrogens (tertiary/aromatic N) is 1. The molecule has 2 aromatic rings. The highest BCUT2D eigenvalue weighted by atomic mass is 32.2. The second kappa shape index (κ2) is 9.53. The number of ketones is 1. The fourth-order valence-electron chi connectivity index (χ4n) is 2.90. The highest BCUT2D eigenvalue weighted by Gasteiger charge is 2.45. The van der Waals surface area contributed by atoms with Crippen LogP contribution >= 0.6 is 0 Å². The summed E-state index contributed by atoms with van der Waals surface area (Å²) in [4.78, 5) is 37.0. The average Bonchev–Trinajstić information content (AvgIpc) is 2.67. The van der Waals surface area contributed by atoms with E-state index < -0.39 is 57.8 Å². The lowest BCUT2D eigenvalue weighted by Gasteiger charge is -2.23. The molecule has 0 aliphatic carbocycles. The maximum absolute atomic E-state index is 12.9. The van der Waals surface area contributed by atoms with Crippen molar-refractivity contribution in [3.05, 3.63) is 52.8 Å². The molecule has 1 aromatic carbocycles. The molecule has 0 aliphatic heterocycles. The number of hydrogen-bond donors (Lipinski definition) is 3. The lowest BCUT2D eigenvalue weighted by Crippen LogP contribution is -2.50. The average molecular weight is 474 g/mol. The number of amides is 1. The third kappa shape index (κ3) is 6.40. The van der Waals surface area contributed by atoms with Crippen molar-refractivity contribution < 1.29 is 31.2 Å². The quantitative estimate of drug-likeness (QED) is 0.531. The zero-order valence-electron chi connectivity index (χ0n) is 17.0. The number of rotatable bonds is 8. The SMILES string of the molecule is CC(C)C(NC(=O)Cn1c(-c2ccccc2)ccc(NS(N)(=O)=O)c1=O)C(=O)C(F)(F)F. The number of halogens is 3. The molecule has 174 valence electrons. The van der Waals surface area contributed by atoms with Crippen molar-refractivity contribution in [2.24, 2.45) is 11.1 Å². The van der Waals surface area contributed by atoms with Gasteiger partial charge in [-0.15, -0.1) is 0 Å². The lowest BCUT2D eigenvalue weighted by molar-refractivity contribution is -0.174. The van der Waals surface area contributed by atoms with Gasteiger partial charge in [-0.1, -0.05) is 44.2 Å². The van der Waals surface area contributed by atoms with Crippen LogP contribution < -0.4 is 20.7 Å². The van der Waals surface area contributed by atoms with Crippen LogP contribution in [0, 0.1) is 5.92 Å². The van der Waals surface area contributed by atoms with Gasteiger partial charge in [-0.2, -0.15) is 21.6 Å². The summed E-state index contributed by atoms with van der Waals surface area (Å²) in [7, 11) is -4.31. The van der Waals surface area contributed by atoms with E-state index in [1.165, 1.54) is 19.9 Å². The molecule has 0 saturated carbocycles. The minimum absolute atomic E-state index is 0.189. The van der Waals surface area contributed by atoms with Crippen LogP contribution in [0.2, 0.25) is 0 Å². The van der Waals surface area contributed by atoms with Crippen molar-refractivity contribution in [3.63, 3.8) is 0 Å². The number of benzene rings is 1. The number of nitrogens with one attached hydrogen (secondary N) is 2. The van der Waals surface area contributed by atoms with Crippen molar-refractivity contribution in [1.29, 1.82) is 0 Å². The van der Waals surface area contributed by atoms with Crippen molar-refractivity contribution in [1.82, 2.24) is 9.88 Å². The van der Waals surface area contributed by atoms with Crippen LogP contribution in [-0.2, 0) is 26.3 Å². The molecule has 32 heavy (non-hydrogen) atoms. The van der Waals surface area contributed by atoms with Gasteiger partial charge in [0.2, 0.25) is 5.91 Å². The van der Waals surface area contributed by atoms with Gasteiger partial charge in [-0.05, 0) is 23.6 Å². The number of pyridine rings is 1. The van der Waals surface area contributed by atoms with Crippen molar-refractivity contribution in [3.8, 4) is 11.3 Å². The number of alkyl halides is 3. The van der Waals surface area contributed by atoms with E-state index in [2.05, 4.69) is 0 Å². The monoisotopic (exact) mass is 474 g/mol. The number of nitrogens with two attached hydrogens (primary N) is 1. The Labute approximate surface area is 181 Å². The van der Waals surface area contributed by atoms with Gasteiger partial charge >= 0.3 is 6.18 Å². The van der Waals surface area contributed by atoms with E-state index in [1.54, 1.807) is 30.3 Å². The Kier molecular flexibility index (Phi) is 7.46. The fraction of sp³-hybridized carbons (Fsp3) is 0.316. The third-order valence-electron chi connectivity index (χ3n) is 4.34. The van der Waals surface area contributed by atoms with E-state index >= 15 is 0 Å². The smallest absolute Gasteiger partial charge is 0.344 e. The van der Waals surface area contributed by atoms with Crippen LogP contribution in [0.1, 0.15) is 13.8 Å². The zero-order chi connectivity index (χ0) is 24.3. The highest BCUT2D eigenvalue weighted by molar-refractivity contribution is 7.90. The summed E-state index contributed by atoms with van der Waals surface area (Å²) in [5.41, 5.74) is -0.758. The van der Waals surface area contributed by atoms with Crippen molar-refractivity contribution in [2.45, 2.75) is 32.6 Å². The summed E-state index contributed by atoms with van der Waals surface area (Å²) in [5.74, 6) is -4.05. The Morgan fingerprint density at radius 3 is 2.19 bits per heavy atom. The first kappa shape index (κ1) is 25.1. The van der Waals surface area contributed by atoms with Crippen LogP contribution in [0.3, 0.4) is 0 Å². The molecule has 4 N–H and O–H groups in total. The summed E-state index contributed by atoms with van der Waals surface area (Å²) in [6.45, 7) is 1.87. The molecule has 0 bridgehead atoms. The van der Waals surface area contributed by atoms with Crippen LogP contribution in [0.15, 0.2) is 47.3 Å². The molecular weight excluding hydrogens is 453 g/mol. The Bertz CT molecular complexity index is 1160. The predicted molar refractivity (Wildman–Crippen MR) is 111 cm³/mol. The molecular formula is C19H21F3N4O5S. The largest absolute Gasteiger partial charge is 0.452 e. The number of aromatic nitrogens is 1. The summed E-state index contributed by atoms with van der Waals surface area (Å²) >= 11 is 0. The molecule has 13 heteroatoms. The van der Waals surface area contributed by atoms with Gasteiger partial charge in [0, 0.05) is 0 Å². The number of hydrogen-bond acceptors (Lipinski definition) is 5. The zero-order valence-corrected chi connectivity index (χ0v) is 17.8. The highest BCUT2D eigenvalue weighted by Crippen LogP contribution is 2.22. The van der Waals surface area contributed by atoms with Gasteiger partial charge in [-0.25, -0.2) is 5.14 Å². The molecule has 1 unspecified atom stereocenters. The molecule has 1 amide bonds. The Morgan fingerprint density at radius 1 is 1.09 bits per heavy atom. The number of carbonyl (C=O) groups is 2. The standard InChI is InChI=1S/C19H21F3N4O5S/c1-11(2)16(17(28)19(20,21)22)24-15(27)10-26-14(12-6-4-3-5-7-12)9-8-13(18(26)29)25-32(23,30)31/h3-9,11,16,25H,10H2,1-2H3,(H,24,27)(H2,23,30,31). The summed E-state index contributed by atoms with van der Waals surface area (Å²) < 4.78 is 63.9. The topological polar surface area (TPSA) is 140 Å². The first-order valence-corrected chi connectivity index (χ1v) is 10.8. The minimum Gasteiger partial charge on any atom is -0.344 e. The summed E-state index contributed by atoms with van der Waals surface area (Å²) in [5, 5.41) is 6.91. The number of carbonyl (C=O) groups excluding carboxylic acids is 2. The lowest BCUT2D eigenvalue weighted by atomic mass is 9.99. The molecule has 1 aromatic heterocycles. The number of Topliss-reactive ketones (excluding diaryl/α,β-unsaturated/α-hetero) is 1. The molecule has 9 nitrogen and oxygen atoms in total. The van der Waals surface area contributed by atoms with Gasteiger partial charge in [0.15, 0.2) is 0 Å². The van der Waals surface area contributed by atoms with E-state index in [9.17, 15) is 36.0 Å². The first-order chi connectivity index (χ1) is 14.7. The Morgan fingerprint density at radius 2 is 1.69 bits per heavy atom. The van der Waals surface area contributed by atoms with E-state index in [1.807, 2.05) is 10.0 Å². The van der Waals surface area contributed by atoms with E-state index in [0.717, 1.165) is 10.6 Å². The molecule has 0 radical (unpaired) electrons. The summed E-state index contributed by atoms with van der Waals surface area (Å²) in [6.07, 6.45) is -5.16. The van der Waals surface area contributed by atoms with Crippen LogP contribution in [0.25, 0.3) is 11.3 Å². The van der Waals surface area contributed by atoms with E-state index in [4.69, 9.17) is 5.14 Å². The molecule has 0 saturated heterocycles. The van der Waals surface area contributed by atoms with E-state index in [0.29, 0.717) is 5.56 Å².